The van der Waals surface area contributed by atoms with Gasteiger partial charge in [-0.3, -0.25) is 4.79 Å². The van der Waals surface area contributed by atoms with Crippen LogP contribution >= 0.6 is 47.8 Å². The summed E-state index contributed by atoms with van der Waals surface area (Å²) in [7, 11) is 0. The van der Waals surface area contributed by atoms with E-state index in [2.05, 4.69) is 58.4 Å². The van der Waals surface area contributed by atoms with Gasteiger partial charge in [0.25, 0.3) is 5.91 Å². The predicted molar refractivity (Wildman–Crippen MR) is 90.9 cm³/mol. The van der Waals surface area contributed by atoms with Crippen molar-refractivity contribution in [3.05, 3.63) is 55.1 Å². The molecule has 3 nitrogen and oxygen atoms in total. The van der Waals surface area contributed by atoms with Crippen LogP contribution in [0.1, 0.15) is 11.6 Å². The minimum atomic E-state index is -0.635. The lowest BCUT2D eigenvalue weighted by Crippen LogP contribution is -2.20. The third-order valence-electron chi connectivity index (χ3n) is 3.14. The third-order valence-corrected chi connectivity index (χ3v) is 4.85. The molecule has 1 aliphatic rings. The molecule has 1 aliphatic heterocycles. The monoisotopic (exact) mass is 476 g/mol. The Labute approximate surface area is 145 Å². The Morgan fingerprint density at radius 2 is 1.76 bits per heavy atom. The van der Waals surface area contributed by atoms with E-state index in [1.165, 1.54) is 12.1 Å². The number of hydrogen-bond donors (Lipinski definition) is 2. The molecule has 1 heterocycles. The Hall–Kier alpha value is -0.920. The highest BCUT2D eigenvalue weighted by Crippen LogP contribution is 2.39. The number of fused-ring (bicyclic) bond motifs is 1. The zero-order chi connectivity index (χ0) is 15.1. The van der Waals surface area contributed by atoms with Crippen molar-refractivity contribution >= 4 is 65.1 Å². The first kappa shape index (κ1) is 15.0. The Kier molecular flexibility index (Phi) is 4.07. The van der Waals surface area contributed by atoms with Crippen LogP contribution in [0, 0.1) is 5.82 Å². The molecular formula is C14H8Br3FN2O. The van der Waals surface area contributed by atoms with E-state index in [-0.39, 0.29) is 11.7 Å². The van der Waals surface area contributed by atoms with Crippen molar-refractivity contribution in [1.82, 2.24) is 0 Å². The van der Waals surface area contributed by atoms with Crippen molar-refractivity contribution in [2.75, 3.05) is 10.6 Å². The first-order valence-corrected chi connectivity index (χ1v) is 8.35. The highest BCUT2D eigenvalue weighted by Gasteiger charge is 2.31. The minimum absolute atomic E-state index is 0.211. The van der Waals surface area contributed by atoms with Gasteiger partial charge in [-0.25, -0.2) is 4.39 Å². The van der Waals surface area contributed by atoms with Gasteiger partial charge in [0.2, 0.25) is 0 Å². The van der Waals surface area contributed by atoms with Gasteiger partial charge in [0.05, 0.1) is 5.69 Å². The van der Waals surface area contributed by atoms with Crippen molar-refractivity contribution in [2.24, 2.45) is 0 Å². The summed E-state index contributed by atoms with van der Waals surface area (Å²) in [5.74, 6) is -0.580. The predicted octanol–water partition coefficient (Wildman–Crippen LogP) is 5.22. The van der Waals surface area contributed by atoms with E-state index in [0.29, 0.717) is 11.3 Å². The molecule has 1 unspecified atom stereocenters. The zero-order valence-corrected chi connectivity index (χ0v) is 15.1. The molecule has 108 valence electrons. The van der Waals surface area contributed by atoms with Crippen LogP contribution in [0.4, 0.5) is 15.8 Å². The summed E-state index contributed by atoms with van der Waals surface area (Å²) in [6, 6.07) is 7.36. The SMILES string of the molecule is O=C1Nc2ccc(F)cc2C1Nc1c(Br)cc(Br)cc1Br. The van der Waals surface area contributed by atoms with Gasteiger partial charge in [0, 0.05) is 24.7 Å². The molecule has 0 radical (unpaired) electrons. The van der Waals surface area contributed by atoms with Gasteiger partial charge in [-0.2, -0.15) is 0 Å². The molecule has 1 atom stereocenters. The maximum Gasteiger partial charge on any atom is 0.251 e. The molecule has 2 N–H and O–H groups in total. The summed E-state index contributed by atoms with van der Waals surface area (Å²) in [5.41, 5.74) is 1.96. The molecule has 2 aromatic rings. The van der Waals surface area contributed by atoms with Crippen LogP contribution in [-0.4, -0.2) is 5.91 Å². The molecule has 21 heavy (non-hydrogen) atoms. The molecule has 0 saturated carbocycles. The second kappa shape index (κ2) is 5.70. The standard InChI is InChI=1S/C14H8Br3FN2O/c15-6-3-9(16)13(10(17)4-6)20-12-8-5-7(18)1-2-11(8)19-14(12)21/h1-5,12,20H,(H,19,21). The molecule has 0 aliphatic carbocycles. The smallest absolute Gasteiger partial charge is 0.251 e. The Bertz CT molecular complexity index is 728. The van der Waals surface area contributed by atoms with Gasteiger partial charge >= 0.3 is 0 Å². The molecule has 0 spiro atoms. The topological polar surface area (TPSA) is 41.1 Å². The summed E-state index contributed by atoms with van der Waals surface area (Å²) in [4.78, 5) is 12.1. The van der Waals surface area contributed by atoms with Crippen LogP contribution in [0.3, 0.4) is 0 Å². The Balaban J connectivity index is 2.00. The molecule has 0 fully saturated rings. The maximum absolute atomic E-state index is 13.4. The summed E-state index contributed by atoms with van der Waals surface area (Å²) < 4.78 is 15.9. The molecule has 0 aromatic heterocycles. The number of nitrogens with one attached hydrogen (secondary N) is 2. The van der Waals surface area contributed by atoms with Crippen LogP contribution in [0.25, 0.3) is 0 Å². The van der Waals surface area contributed by atoms with Gasteiger partial charge in [0.15, 0.2) is 0 Å². The van der Waals surface area contributed by atoms with Crippen molar-refractivity contribution in [1.29, 1.82) is 0 Å². The Morgan fingerprint density at radius 3 is 2.43 bits per heavy atom. The average molecular weight is 479 g/mol. The quantitative estimate of drug-likeness (QED) is 0.621. The minimum Gasteiger partial charge on any atom is -0.368 e. The number of benzene rings is 2. The van der Waals surface area contributed by atoms with Crippen LogP contribution in [-0.2, 0) is 4.79 Å². The number of carbonyl (C=O) groups is 1. The number of carbonyl (C=O) groups excluding carboxylic acids is 1. The first-order valence-electron chi connectivity index (χ1n) is 5.97. The van der Waals surface area contributed by atoms with Crippen LogP contribution < -0.4 is 10.6 Å². The van der Waals surface area contributed by atoms with E-state index >= 15 is 0 Å². The zero-order valence-electron chi connectivity index (χ0n) is 10.4. The molecule has 0 saturated heterocycles. The second-order valence-corrected chi connectivity index (χ2v) is 7.17. The molecule has 3 rings (SSSR count). The number of hydrogen-bond acceptors (Lipinski definition) is 2. The second-order valence-electron chi connectivity index (χ2n) is 4.54. The van der Waals surface area contributed by atoms with E-state index in [1.54, 1.807) is 6.07 Å². The third kappa shape index (κ3) is 2.86. The largest absolute Gasteiger partial charge is 0.368 e. The molecule has 0 bridgehead atoms. The van der Waals surface area contributed by atoms with E-state index in [1.807, 2.05) is 12.1 Å². The van der Waals surface area contributed by atoms with Gasteiger partial charge < -0.3 is 10.6 Å². The van der Waals surface area contributed by atoms with Crippen LogP contribution in [0.15, 0.2) is 43.7 Å². The van der Waals surface area contributed by atoms with E-state index in [9.17, 15) is 9.18 Å². The fraction of sp³-hybridized carbons (Fsp3) is 0.0714. The molecular weight excluding hydrogens is 471 g/mol. The molecule has 1 amide bonds. The normalized spacial score (nSPS) is 16.6. The van der Waals surface area contributed by atoms with Crippen molar-refractivity contribution in [3.63, 3.8) is 0 Å². The number of amides is 1. The highest BCUT2D eigenvalue weighted by molar-refractivity contribution is 9.11. The Morgan fingerprint density at radius 1 is 1.10 bits per heavy atom. The lowest BCUT2D eigenvalue weighted by Gasteiger charge is -2.16. The van der Waals surface area contributed by atoms with Crippen molar-refractivity contribution in [2.45, 2.75) is 6.04 Å². The highest BCUT2D eigenvalue weighted by atomic mass is 79.9. The lowest BCUT2D eigenvalue weighted by atomic mass is 10.1. The van der Waals surface area contributed by atoms with Crippen molar-refractivity contribution < 1.29 is 9.18 Å². The summed E-state index contributed by atoms with van der Waals surface area (Å²) >= 11 is 10.3. The van der Waals surface area contributed by atoms with E-state index < -0.39 is 6.04 Å². The maximum atomic E-state index is 13.4. The van der Waals surface area contributed by atoms with Crippen molar-refractivity contribution in [3.8, 4) is 0 Å². The van der Waals surface area contributed by atoms with Gasteiger partial charge in [-0.15, -0.1) is 0 Å². The average Bonchev–Trinajstić information content (AvgIpc) is 2.69. The van der Waals surface area contributed by atoms with Gasteiger partial charge in [-0.05, 0) is 62.2 Å². The number of rotatable bonds is 2. The van der Waals surface area contributed by atoms with Gasteiger partial charge in [0.1, 0.15) is 11.9 Å². The fourth-order valence-electron chi connectivity index (χ4n) is 2.20. The van der Waals surface area contributed by atoms with Gasteiger partial charge in [-0.1, -0.05) is 15.9 Å². The van der Waals surface area contributed by atoms with Crippen LogP contribution in [0.5, 0.6) is 0 Å². The molecule has 2 aromatic carbocycles. The number of anilines is 2. The van der Waals surface area contributed by atoms with E-state index in [4.69, 9.17) is 0 Å². The lowest BCUT2D eigenvalue weighted by molar-refractivity contribution is -0.116. The van der Waals surface area contributed by atoms with E-state index in [0.717, 1.165) is 19.1 Å². The number of halogens is 4. The first-order chi connectivity index (χ1) is 9.95. The molecule has 7 heteroatoms. The summed E-state index contributed by atoms with van der Waals surface area (Å²) in [5, 5.41) is 5.88. The summed E-state index contributed by atoms with van der Waals surface area (Å²) in [6.45, 7) is 0. The fourth-order valence-corrected chi connectivity index (χ4v) is 4.69. The summed E-state index contributed by atoms with van der Waals surface area (Å²) in [6.07, 6.45) is 0. The van der Waals surface area contributed by atoms with Crippen LogP contribution in [0.2, 0.25) is 0 Å².